The van der Waals surface area contributed by atoms with Gasteiger partial charge in [0.2, 0.25) is 0 Å². The molecule has 8 nitrogen and oxygen atoms in total. The lowest BCUT2D eigenvalue weighted by molar-refractivity contribution is 0.161. The minimum atomic E-state index is -0.318. The fraction of sp³-hybridized carbons (Fsp3) is 0.267. The molecule has 5 aromatic rings. The molecule has 2 heterocycles. The quantitative estimate of drug-likeness (QED) is 0.240. The maximum absolute atomic E-state index is 13.7. The van der Waals surface area contributed by atoms with Crippen molar-refractivity contribution < 1.29 is 13.5 Å². The summed E-state index contributed by atoms with van der Waals surface area (Å²) in [5, 5.41) is 13.3. The summed E-state index contributed by atoms with van der Waals surface area (Å²) < 4.78 is 34.5. The third kappa shape index (κ3) is 6.23. The van der Waals surface area contributed by atoms with Gasteiger partial charge >= 0.3 is 0 Å². The van der Waals surface area contributed by atoms with Crippen LogP contribution in [-0.2, 0) is 19.6 Å². The van der Waals surface area contributed by atoms with Crippen LogP contribution in [0.2, 0.25) is 0 Å². The molecule has 2 aromatic heterocycles. The van der Waals surface area contributed by atoms with Gasteiger partial charge in [0.25, 0.3) is 5.56 Å². The van der Waals surface area contributed by atoms with Gasteiger partial charge < -0.3 is 9.72 Å². The van der Waals surface area contributed by atoms with Crippen LogP contribution < -0.4 is 10.3 Å². The van der Waals surface area contributed by atoms with Crippen molar-refractivity contribution >= 4 is 10.9 Å². The van der Waals surface area contributed by atoms with Gasteiger partial charge in [0.15, 0.2) is 5.82 Å². The first-order chi connectivity index (χ1) is 19.4. The van der Waals surface area contributed by atoms with E-state index in [9.17, 15) is 13.6 Å². The van der Waals surface area contributed by atoms with Crippen molar-refractivity contribution in [1.82, 2.24) is 30.1 Å². The number of ether oxygens (including phenoxy) is 1. The van der Waals surface area contributed by atoms with Crippen LogP contribution >= 0.6 is 0 Å². The molecule has 1 N–H and O–H groups in total. The zero-order valence-corrected chi connectivity index (χ0v) is 22.3. The number of benzene rings is 3. The predicted octanol–water partition coefficient (Wildman–Crippen LogP) is 5.39. The summed E-state index contributed by atoms with van der Waals surface area (Å²) in [4.78, 5) is 18.3. The number of halogens is 2. The Morgan fingerprint density at radius 2 is 1.62 bits per heavy atom. The Hall–Kier alpha value is -4.44. The number of nitrogens with zero attached hydrogens (tertiary/aromatic N) is 5. The number of tetrazole rings is 1. The number of aromatic nitrogens is 5. The Morgan fingerprint density at radius 3 is 2.30 bits per heavy atom. The lowest BCUT2D eigenvalue weighted by Crippen LogP contribution is -2.32. The molecule has 0 unspecified atom stereocenters. The van der Waals surface area contributed by atoms with Gasteiger partial charge in [-0.05, 0) is 83.4 Å². The molecule has 0 aliphatic rings. The summed E-state index contributed by atoms with van der Waals surface area (Å²) >= 11 is 0. The minimum Gasteiger partial charge on any atom is -0.494 e. The van der Waals surface area contributed by atoms with Crippen LogP contribution in [0.5, 0.6) is 5.75 Å². The Labute approximate surface area is 230 Å². The fourth-order valence-corrected chi connectivity index (χ4v) is 4.85. The molecule has 0 aliphatic heterocycles. The second-order valence-corrected chi connectivity index (χ2v) is 9.58. The number of nitrogens with one attached hydrogen (secondary N) is 1. The molecule has 0 aliphatic carbocycles. The summed E-state index contributed by atoms with van der Waals surface area (Å²) in [5.41, 5.74) is 2.83. The van der Waals surface area contributed by atoms with Gasteiger partial charge in [-0.25, -0.2) is 13.5 Å². The Kier molecular flexibility index (Phi) is 8.26. The Balaban J connectivity index is 1.51. The molecule has 3 aromatic carbocycles. The van der Waals surface area contributed by atoms with Crippen LogP contribution in [0.15, 0.2) is 77.6 Å². The number of fused-ring (bicyclic) bond motifs is 1. The van der Waals surface area contributed by atoms with Gasteiger partial charge in [-0.3, -0.25) is 9.69 Å². The van der Waals surface area contributed by atoms with Crippen LogP contribution in [0.4, 0.5) is 8.78 Å². The van der Waals surface area contributed by atoms with Crippen molar-refractivity contribution in [2.75, 3.05) is 6.61 Å². The smallest absolute Gasteiger partial charge is 0.252 e. The van der Waals surface area contributed by atoms with E-state index in [0.717, 1.165) is 27.8 Å². The largest absolute Gasteiger partial charge is 0.494 e. The summed E-state index contributed by atoms with van der Waals surface area (Å²) in [6, 6.07) is 19.7. The number of rotatable bonds is 11. The van der Waals surface area contributed by atoms with Gasteiger partial charge in [0.05, 0.1) is 19.2 Å². The number of H-pyrrole nitrogens is 1. The number of aromatic amines is 1. The van der Waals surface area contributed by atoms with Crippen LogP contribution in [0.3, 0.4) is 0 Å². The van der Waals surface area contributed by atoms with Crippen molar-refractivity contribution in [3.8, 4) is 5.75 Å². The highest BCUT2D eigenvalue weighted by atomic mass is 19.1. The lowest BCUT2D eigenvalue weighted by Gasteiger charge is -2.30. The molecule has 0 saturated heterocycles. The molecule has 206 valence electrons. The summed E-state index contributed by atoms with van der Waals surface area (Å²) in [5.74, 6) is 0.709. The maximum atomic E-state index is 13.7. The molecule has 0 spiro atoms. The molecule has 1 atom stereocenters. The van der Waals surface area contributed by atoms with E-state index in [-0.39, 0.29) is 23.2 Å². The highest BCUT2D eigenvalue weighted by Crippen LogP contribution is 2.27. The second kappa shape index (κ2) is 12.2. The van der Waals surface area contributed by atoms with Gasteiger partial charge in [0, 0.05) is 29.6 Å². The minimum absolute atomic E-state index is 0.193. The zero-order valence-electron chi connectivity index (χ0n) is 22.3. The van der Waals surface area contributed by atoms with E-state index in [1.54, 1.807) is 28.9 Å². The van der Waals surface area contributed by atoms with E-state index >= 15 is 0 Å². The standard InChI is InChI=1S/C30H30F2N6O2/c1-3-28(29-34-35-36-38(29)18-21-7-11-25(32)12-8-21)37(17-20-5-9-24(31)10-6-20)19-23-15-22-16-26(40-4-2)13-14-27(22)33-30(23)39/h5-16,28H,3-4,17-19H2,1-2H3,(H,33,39)/t28-/m1/s1. The molecule has 0 fully saturated rings. The van der Waals surface area contributed by atoms with Crippen LogP contribution in [0.25, 0.3) is 10.9 Å². The van der Waals surface area contributed by atoms with Crippen LogP contribution in [0.1, 0.15) is 48.8 Å². The molecule has 0 radical (unpaired) electrons. The molecule has 0 amide bonds. The van der Waals surface area contributed by atoms with Gasteiger partial charge in [-0.2, -0.15) is 0 Å². The van der Waals surface area contributed by atoms with Crippen molar-refractivity contribution in [1.29, 1.82) is 0 Å². The van der Waals surface area contributed by atoms with E-state index in [2.05, 4.69) is 25.4 Å². The normalized spacial score (nSPS) is 12.2. The van der Waals surface area contributed by atoms with E-state index in [1.165, 1.54) is 24.3 Å². The zero-order chi connectivity index (χ0) is 28.1. The van der Waals surface area contributed by atoms with Crippen molar-refractivity contribution in [3.63, 3.8) is 0 Å². The predicted molar refractivity (Wildman–Crippen MR) is 148 cm³/mol. The fourth-order valence-electron chi connectivity index (χ4n) is 4.85. The molecule has 0 bridgehead atoms. The van der Waals surface area contributed by atoms with Gasteiger partial charge in [-0.1, -0.05) is 31.2 Å². The number of pyridine rings is 1. The van der Waals surface area contributed by atoms with Crippen molar-refractivity contribution in [2.45, 2.75) is 45.9 Å². The Bertz CT molecular complexity index is 1630. The third-order valence-corrected chi connectivity index (χ3v) is 6.81. The monoisotopic (exact) mass is 544 g/mol. The molecule has 5 rings (SSSR count). The van der Waals surface area contributed by atoms with E-state index in [1.807, 2.05) is 38.1 Å². The molecule has 40 heavy (non-hydrogen) atoms. The highest BCUT2D eigenvalue weighted by molar-refractivity contribution is 5.80. The van der Waals surface area contributed by atoms with Crippen molar-refractivity contribution in [3.05, 3.63) is 117 Å². The topological polar surface area (TPSA) is 88.9 Å². The first kappa shape index (κ1) is 27.1. The third-order valence-electron chi connectivity index (χ3n) is 6.81. The van der Waals surface area contributed by atoms with E-state index in [0.29, 0.717) is 44.0 Å². The molecule has 0 saturated carbocycles. The van der Waals surface area contributed by atoms with Gasteiger partial charge in [0.1, 0.15) is 17.4 Å². The summed E-state index contributed by atoms with van der Waals surface area (Å²) in [6.45, 7) is 5.57. The highest BCUT2D eigenvalue weighted by Gasteiger charge is 2.26. The Morgan fingerprint density at radius 1 is 0.925 bits per heavy atom. The summed E-state index contributed by atoms with van der Waals surface area (Å²) in [6.07, 6.45) is 0.644. The first-order valence-electron chi connectivity index (χ1n) is 13.2. The number of hydrogen-bond acceptors (Lipinski definition) is 6. The van der Waals surface area contributed by atoms with Crippen LogP contribution in [0, 0.1) is 11.6 Å². The first-order valence-corrected chi connectivity index (χ1v) is 13.2. The van der Waals surface area contributed by atoms with Gasteiger partial charge in [-0.15, -0.1) is 5.10 Å². The SMILES string of the molecule is CCOc1ccc2[nH]c(=O)c(CN(Cc3ccc(F)cc3)[C@H](CC)c3nnnn3Cc3ccc(F)cc3)cc2c1. The average molecular weight is 545 g/mol. The average Bonchev–Trinajstić information content (AvgIpc) is 3.40. The molecule has 10 heteroatoms. The van der Waals surface area contributed by atoms with Crippen LogP contribution in [-0.4, -0.2) is 36.7 Å². The summed E-state index contributed by atoms with van der Waals surface area (Å²) in [7, 11) is 0. The lowest BCUT2D eigenvalue weighted by atomic mass is 10.1. The molecular weight excluding hydrogens is 514 g/mol. The van der Waals surface area contributed by atoms with Crippen molar-refractivity contribution in [2.24, 2.45) is 0 Å². The molecular formula is C30H30F2N6O2. The van der Waals surface area contributed by atoms with E-state index < -0.39 is 0 Å². The number of hydrogen-bond donors (Lipinski definition) is 1. The van der Waals surface area contributed by atoms with E-state index in [4.69, 9.17) is 4.74 Å². The maximum Gasteiger partial charge on any atom is 0.252 e. The second-order valence-electron chi connectivity index (χ2n) is 9.58.